The van der Waals surface area contributed by atoms with Crippen LogP contribution >= 0.6 is 0 Å². The van der Waals surface area contributed by atoms with E-state index >= 15 is 0 Å². The summed E-state index contributed by atoms with van der Waals surface area (Å²) in [6, 6.07) is 13.5. The van der Waals surface area contributed by atoms with Crippen LogP contribution in [0.15, 0.2) is 42.5 Å². The lowest BCUT2D eigenvalue weighted by Crippen LogP contribution is -2.31. The lowest BCUT2D eigenvalue weighted by Gasteiger charge is -2.26. The van der Waals surface area contributed by atoms with E-state index in [1.165, 1.54) is 0 Å². The smallest absolute Gasteiger partial charge is 0.299 e. The summed E-state index contributed by atoms with van der Waals surface area (Å²) in [5, 5.41) is 0. The number of ketones is 1. The van der Waals surface area contributed by atoms with Gasteiger partial charge in [-0.3, -0.25) is 14.5 Å². The van der Waals surface area contributed by atoms with Gasteiger partial charge < -0.3 is 0 Å². The second-order valence-corrected chi connectivity index (χ2v) is 4.58. The highest BCUT2D eigenvalue weighted by Crippen LogP contribution is 2.44. The number of hydrogen-bond acceptors (Lipinski definition) is 2. The van der Waals surface area contributed by atoms with Crippen molar-refractivity contribution in [3.63, 3.8) is 0 Å². The number of rotatable bonds is 0. The Morgan fingerprint density at radius 1 is 0.833 bits per heavy atom. The average molecular weight is 235 g/mol. The number of amides is 1. The van der Waals surface area contributed by atoms with Gasteiger partial charge >= 0.3 is 0 Å². The lowest BCUT2D eigenvalue weighted by molar-refractivity contribution is -0.114. The molecule has 0 saturated heterocycles. The molecule has 2 aliphatic heterocycles. The maximum atomic E-state index is 12.0. The molecule has 86 valence electrons. The first-order valence-corrected chi connectivity index (χ1v) is 5.85. The van der Waals surface area contributed by atoms with E-state index in [1.807, 2.05) is 36.4 Å². The van der Waals surface area contributed by atoms with Crippen molar-refractivity contribution < 1.29 is 9.59 Å². The van der Waals surface area contributed by atoms with Gasteiger partial charge in [-0.25, -0.2) is 0 Å². The molecule has 4 rings (SSSR count). The Morgan fingerprint density at radius 3 is 2.44 bits per heavy atom. The van der Waals surface area contributed by atoms with E-state index in [-0.39, 0.29) is 5.78 Å². The molecule has 1 amide bonds. The second-order valence-electron chi connectivity index (χ2n) is 4.58. The zero-order valence-electron chi connectivity index (χ0n) is 9.51. The maximum absolute atomic E-state index is 12.0. The molecule has 0 spiro atoms. The molecule has 0 bridgehead atoms. The molecule has 0 radical (unpaired) electrons. The van der Waals surface area contributed by atoms with Gasteiger partial charge in [0.15, 0.2) is 0 Å². The molecular formula is C15H9NO2. The molecule has 2 aromatic carbocycles. The summed E-state index contributed by atoms with van der Waals surface area (Å²) in [5.41, 5.74) is 4.50. The van der Waals surface area contributed by atoms with E-state index in [9.17, 15) is 9.59 Å². The summed E-state index contributed by atoms with van der Waals surface area (Å²) >= 11 is 0. The Balaban J connectivity index is 2.11. The fraction of sp³-hybridized carbons (Fsp3) is 0.0667. The third-order valence-electron chi connectivity index (χ3n) is 3.63. The van der Waals surface area contributed by atoms with Crippen molar-refractivity contribution in [1.82, 2.24) is 0 Å². The van der Waals surface area contributed by atoms with Crippen LogP contribution in [-0.4, -0.2) is 11.7 Å². The molecule has 3 heteroatoms. The van der Waals surface area contributed by atoms with Crippen LogP contribution in [0.1, 0.15) is 15.9 Å². The van der Waals surface area contributed by atoms with E-state index in [0.717, 1.165) is 22.4 Å². The minimum atomic E-state index is -0.410. The zero-order valence-corrected chi connectivity index (χ0v) is 9.51. The monoisotopic (exact) mass is 235 g/mol. The summed E-state index contributed by atoms with van der Waals surface area (Å²) in [4.78, 5) is 25.5. The number of carbonyl (C=O) groups is 2. The van der Waals surface area contributed by atoms with Crippen LogP contribution in [0.25, 0.3) is 11.1 Å². The van der Waals surface area contributed by atoms with E-state index in [1.54, 1.807) is 11.0 Å². The second kappa shape index (κ2) is 3.07. The predicted molar refractivity (Wildman–Crippen MR) is 67.4 cm³/mol. The summed E-state index contributed by atoms with van der Waals surface area (Å²) in [5.74, 6) is -0.799. The van der Waals surface area contributed by atoms with E-state index < -0.39 is 5.91 Å². The number of benzene rings is 2. The average Bonchev–Trinajstić information content (AvgIpc) is 2.66. The molecule has 3 nitrogen and oxygen atoms in total. The topological polar surface area (TPSA) is 37.4 Å². The molecule has 0 fully saturated rings. The molecule has 2 aliphatic rings. The molecule has 0 atom stereocenters. The van der Waals surface area contributed by atoms with E-state index in [0.29, 0.717) is 12.1 Å². The highest BCUT2D eigenvalue weighted by molar-refractivity contribution is 6.53. The number of carbonyl (C=O) groups excluding carboxylic acids is 2. The SMILES string of the molecule is O=C1C(=O)N2Cc3ccccc3-c3cccc1c32. The molecular weight excluding hydrogens is 226 g/mol. The maximum Gasteiger partial charge on any atom is 0.299 e. The van der Waals surface area contributed by atoms with Crippen LogP contribution in [0.5, 0.6) is 0 Å². The van der Waals surface area contributed by atoms with Crippen LogP contribution in [0.3, 0.4) is 0 Å². The normalized spacial score (nSPS) is 15.7. The molecule has 2 heterocycles. The van der Waals surface area contributed by atoms with Crippen molar-refractivity contribution in [2.45, 2.75) is 6.54 Å². The summed E-state index contributed by atoms with van der Waals surface area (Å²) in [6.07, 6.45) is 0. The lowest BCUT2D eigenvalue weighted by atomic mass is 9.93. The Labute approximate surface area is 104 Å². The summed E-state index contributed by atoms with van der Waals surface area (Å²) in [7, 11) is 0. The Bertz CT molecular complexity index is 718. The van der Waals surface area contributed by atoms with E-state index in [4.69, 9.17) is 0 Å². The predicted octanol–water partition coefficient (Wildman–Crippen LogP) is 2.40. The highest BCUT2D eigenvalue weighted by Gasteiger charge is 2.40. The van der Waals surface area contributed by atoms with Crippen molar-refractivity contribution in [2.75, 3.05) is 4.90 Å². The molecule has 0 unspecified atom stereocenters. The quantitative estimate of drug-likeness (QED) is 0.657. The highest BCUT2D eigenvalue weighted by atomic mass is 16.2. The molecule has 0 N–H and O–H groups in total. The van der Waals surface area contributed by atoms with E-state index in [2.05, 4.69) is 0 Å². The Morgan fingerprint density at radius 2 is 1.56 bits per heavy atom. The number of hydrogen-bond donors (Lipinski definition) is 0. The van der Waals surface area contributed by atoms with Crippen LogP contribution < -0.4 is 4.90 Å². The number of fused-ring (bicyclic) bond motifs is 2. The first kappa shape index (κ1) is 9.59. The first-order chi connectivity index (χ1) is 8.77. The van der Waals surface area contributed by atoms with Crippen molar-refractivity contribution >= 4 is 17.4 Å². The zero-order chi connectivity index (χ0) is 12.3. The third kappa shape index (κ3) is 0.991. The van der Waals surface area contributed by atoms with Gasteiger partial charge in [-0.1, -0.05) is 36.4 Å². The fourth-order valence-corrected chi connectivity index (χ4v) is 2.82. The third-order valence-corrected chi connectivity index (χ3v) is 3.63. The molecule has 2 aromatic rings. The fourth-order valence-electron chi connectivity index (χ4n) is 2.82. The van der Waals surface area contributed by atoms with Gasteiger partial charge in [0.1, 0.15) is 0 Å². The molecule has 0 saturated carbocycles. The van der Waals surface area contributed by atoms with Crippen LogP contribution in [0, 0.1) is 0 Å². The Kier molecular flexibility index (Phi) is 1.64. The van der Waals surface area contributed by atoms with Crippen LogP contribution in [-0.2, 0) is 11.3 Å². The number of Topliss-reactive ketones (excluding diaryl/α,β-unsaturated/α-hetero) is 1. The standard InChI is InChI=1S/C15H9NO2/c17-14-12-7-3-6-11-10-5-2-1-4-9(10)8-16(13(11)12)15(14)18/h1-7H,8H2. The largest absolute Gasteiger partial charge is 0.300 e. The first-order valence-electron chi connectivity index (χ1n) is 5.85. The van der Waals surface area contributed by atoms with Crippen molar-refractivity contribution in [3.05, 3.63) is 53.6 Å². The van der Waals surface area contributed by atoms with Crippen molar-refractivity contribution in [1.29, 1.82) is 0 Å². The van der Waals surface area contributed by atoms with Gasteiger partial charge in [-0.15, -0.1) is 0 Å². The summed E-state index contributed by atoms with van der Waals surface area (Å²) < 4.78 is 0. The van der Waals surface area contributed by atoms with Gasteiger partial charge in [0, 0.05) is 5.56 Å². The minimum Gasteiger partial charge on any atom is -0.300 e. The summed E-state index contributed by atoms with van der Waals surface area (Å²) in [6.45, 7) is 0.491. The minimum absolute atomic E-state index is 0.389. The van der Waals surface area contributed by atoms with Gasteiger partial charge in [-0.05, 0) is 17.2 Å². The number of para-hydroxylation sites is 1. The van der Waals surface area contributed by atoms with Crippen LogP contribution in [0.2, 0.25) is 0 Å². The molecule has 0 aromatic heterocycles. The van der Waals surface area contributed by atoms with Gasteiger partial charge in [0.2, 0.25) is 0 Å². The molecule has 18 heavy (non-hydrogen) atoms. The van der Waals surface area contributed by atoms with Crippen LogP contribution in [0.4, 0.5) is 5.69 Å². The van der Waals surface area contributed by atoms with Crippen molar-refractivity contribution in [3.8, 4) is 11.1 Å². The molecule has 0 aliphatic carbocycles. The number of anilines is 1. The van der Waals surface area contributed by atoms with Gasteiger partial charge in [0.05, 0.1) is 17.8 Å². The Hall–Kier alpha value is -2.42. The van der Waals surface area contributed by atoms with Gasteiger partial charge in [0.25, 0.3) is 11.7 Å². The number of nitrogens with zero attached hydrogens (tertiary/aromatic N) is 1. The van der Waals surface area contributed by atoms with Crippen molar-refractivity contribution in [2.24, 2.45) is 0 Å². The van der Waals surface area contributed by atoms with Gasteiger partial charge in [-0.2, -0.15) is 0 Å².